The molecule has 0 radical (unpaired) electrons. The van der Waals surface area contributed by atoms with Crippen molar-refractivity contribution in [2.45, 2.75) is 32.9 Å². The third-order valence-corrected chi connectivity index (χ3v) is 3.56. The van der Waals surface area contributed by atoms with Gasteiger partial charge in [-0.25, -0.2) is 4.79 Å². The molecule has 0 aliphatic carbocycles. The lowest BCUT2D eigenvalue weighted by atomic mass is 10.2. The summed E-state index contributed by atoms with van der Waals surface area (Å²) in [5.41, 5.74) is 1.85. The first kappa shape index (κ1) is 19.4. The molecule has 4 N–H and O–H groups in total. The van der Waals surface area contributed by atoms with Crippen LogP contribution in [0.3, 0.4) is 0 Å². The Kier molecular flexibility index (Phi) is 7.54. The summed E-state index contributed by atoms with van der Waals surface area (Å²) < 4.78 is 5.30. The van der Waals surface area contributed by atoms with Gasteiger partial charge in [0.15, 0.2) is 5.96 Å². The number of amides is 2. The molecule has 7 nitrogen and oxygen atoms in total. The molecule has 2 aromatic rings. The van der Waals surface area contributed by atoms with E-state index in [4.69, 9.17) is 4.42 Å². The van der Waals surface area contributed by atoms with Crippen LogP contribution < -0.4 is 21.3 Å². The van der Waals surface area contributed by atoms with Gasteiger partial charge in [-0.05, 0) is 43.7 Å². The zero-order valence-electron chi connectivity index (χ0n) is 15.5. The van der Waals surface area contributed by atoms with Gasteiger partial charge in [-0.1, -0.05) is 12.1 Å². The van der Waals surface area contributed by atoms with Crippen molar-refractivity contribution in [2.75, 3.05) is 18.9 Å². The maximum Gasteiger partial charge on any atom is 0.319 e. The van der Waals surface area contributed by atoms with E-state index in [0.717, 1.165) is 35.9 Å². The number of carbonyl (C=O) groups excluding carboxylic acids is 1. The van der Waals surface area contributed by atoms with Crippen LogP contribution in [0, 0.1) is 0 Å². The minimum atomic E-state index is -0.202. The van der Waals surface area contributed by atoms with Crippen LogP contribution in [-0.4, -0.2) is 31.6 Å². The second-order valence-electron chi connectivity index (χ2n) is 6.13. The van der Waals surface area contributed by atoms with Gasteiger partial charge >= 0.3 is 6.03 Å². The van der Waals surface area contributed by atoms with Crippen LogP contribution in [-0.2, 0) is 13.0 Å². The molecule has 7 heteroatoms. The molecule has 140 valence electrons. The molecule has 0 unspecified atom stereocenters. The summed E-state index contributed by atoms with van der Waals surface area (Å²) in [7, 11) is 1.74. The Morgan fingerprint density at radius 3 is 2.54 bits per heavy atom. The first-order valence-electron chi connectivity index (χ1n) is 8.70. The van der Waals surface area contributed by atoms with Gasteiger partial charge in [-0.3, -0.25) is 4.99 Å². The summed E-state index contributed by atoms with van der Waals surface area (Å²) >= 11 is 0. The Hall–Kier alpha value is -2.96. The zero-order chi connectivity index (χ0) is 18.8. The summed E-state index contributed by atoms with van der Waals surface area (Å²) in [6.45, 7) is 5.22. The Labute approximate surface area is 154 Å². The number of guanidine groups is 1. The predicted molar refractivity (Wildman–Crippen MR) is 104 cm³/mol. The molecule has 0 bridgehead atoms. The van der Waals surface area contributed by atoms with Gasteiger partial charge in [0.2, 0.25) is 0 Å². The molecule has 0 aliphatic rings. The first-order valence-corrected chi connectivity index (χ1v) is 8.70. The molecule has 0 fully saturated rings. The fourth-order valence-electron chi connectivity index (χ4n) is 2.30. The van der Waals surface area contributed by atoms with E-state index in [0.29, 0.717) is 6.54 Å². The zero-order valence-corrected chi connectivity index (χ0v) is 15.5. The van der Waals surface area contributed by atoms with Crippen molar-refractivity contribution in [3.05, 3.63) is 54.0 Å². The average molecular weight is 357 g/mol. The van der Waals surface area contributed by atoms with E-state index in [-0.39, 0.29) is 12.1 Å². The maximum atomic E-state index is 11.7. The fourth-order valence-corrected chi connectivity index (χ4v) is 2.30. The third-order valence-electron chi connectivity index (χ3n) is 3.56. The number of hydrogen-bond acceptors (Lipinski definition) is 3. The van der Waals surface area contributed by atoms with Crippen molar-refractivity contribution >= 4 is 17.7 Å². The van der Waals surface area contributed by atoms with Crippen LogP contribution in [0.1, 0.15) is 25.2 Å². The lowest BCUT2D eigenvalue weighted by molar-refractivity contribution is 0.250. The van der Waals surface area contributed by atoms with Crippen molar-refractivity contribution in [3.8, 4) is 0 Å². The van der Waals surface area contributed by atoms with Crippen LogP contribution in [0.25, 0.3) is 0 Å². The molecule has 0 aliphatic heterocycles. The van der Waals surface area contributed by atoms with Gasteiger partial charge in [-0.15, -0.1) is 0 Å². The summed E-state index contributed by atoms with van der Waals surface area (Å²) in [5, 5.41) is 12.1. The molecular weight excluding hydrogens is 330 g/mol. The van der Waals surface area contributed by atoms with E-state index in [9.17, 15) is 4.79 Å². The second-order valence-corrected chi connectivity index (χ2v) is 6.13. The number of aliphatic imine (C=N–C) groups is 1. The molecule has 2 rings (SSSR count). The molecule has 0 spiro atoms. The molecule has 0 atom stereocenters. The Morgan fingerprint density at radius 2 is 1.92 bits per heavy atom. The van der Waals surface area contributed by atoms with Crippen LogP contribution in [0.4, 0.5) is 10.5 Å². The highest BCUT2D eigenvalue weighted by Gasteiger charge is 2.04. The summed E-state index contributed by atoms with van der Waals surface area (Å²) in [6.07, 6.45) is 2.47. The molecule has 0 saturated heterocycles. The summed E-state index contributed by atoms with van der Waals surface area (Å²) in [4.78, 5) is 15.9. The topological polar surface area (TPSA) is 90.7 Å². The molecule has 26 heavy (non-hydrogen) atoms. The smallest absolute Gasteiger partial charge is 0.319 e. The number of nitrogens with zero attached hydrogens (tertiary/aromatic N) is 1. The minimum absolute atomic E-state index is 0.102. The number of urea groups is 1. The highest BCUT2D eigenvalue weighted by molar-refractivity contribution is 5.89. The van der Waals surface area contributed by atoms with E-state index in [1.165, 1.54) is 0 Å². The van der Waals surface area contributed by atoms with E-state index in [1.54, 1.807) is 13.3 Å². The number of carbonyl (C=O) groups is 1. The Balaban J connectivity index is 1.74. The number of anilines is 1. The third kappa shape index (κ3) is 6.88. The standard InChI is InChI=1S/C19H27N5O2/c1-14(2)23-19(25)24-16-8-6-15(7-9-16)13-22-18(20-3)21-11-10-17-5-4-12-26-17/h4-9,12,14H,10-11,13H2,1-3H3,(H2,20,21,22)(H2,23,24,25). The van der Waals surface area contributed by atoms with E-state index < -0.39 is 0 Å². The summed E-state index contributed by atoms with van der Waals surface area (Å²) in [6, 6.07) is 11.4. The number of hydrogen-bond donors (Lipinski definition) is 4. The number of nitrogens with one attached hydrogen (secondary N) is 4. The van der Waals surface area contributed by atoms with Crippen LogP contribution in [0.5, 0.6) is 0 Å². The van der Waals surface area contributed by atoms with Crippen molar-refractivity contribution in [2.24, 2.45) is 4.99 Å². The highest BCUT2D eigenvalue weighted by atomic mass is 16.3. The first-order chi connectivity index (χ1) is 12.6. The normalized spacial score (nSPS) is 11.3. The van der Waals surface area contributed by atoms with Crippen molar-refractivity contribution in [1.82, 2.24) is 16.0 Å². The average Bonchev–Trinajstić information content (AvgIpc) is 3.12. The van der Waals surface area contributed by atoms with E-state index in [2.05, 4.69) is 26.3 Å². The largest absolute Gasteiger partial charge is 0.469 e. The van der Waals surface area contributed by atoms with Gasteiger partial charge < -0.3 is 25.7 Å². The fraction of sp³-hybridized carbons (Fsp3) is 0.368. The maximum absolute atomic E-state index is 11.7. The van der Waals surface area contributed by atoms with E-state index in [1.807, 2.05) is 50.2 Å². The number of benzene rings is 1. The lowest BCUT2D eigenvalue weighted by Gasteiger charge is -2.12. The minimum Gasteiger partial charge on any atom is -0.469 e. The van der Waals surface area contributed by atoms with Gasteiger partial charge in [-0.2, -0.15) is 0 Å². The van der Waals surface area contributed by atoms with Crippen LogP contribution in [0.15, 0.2) is 52.1 Å². The van der Waals surface area contributed by atoms with Crippen LogP contribution >= 0.6 is 0 Å². The molecular formula is C19H27N5O2. The van der Waals surface area contributed by atoms with Crippen LogP contribution in [0.2, 0.25) is 0 Å². The molecule has 1 aromatic heterocycles. The monoisotopic (exact) mass is 357 g/mol. The van der Waals surface area contributed by atoms with Gasteiger partial charge in [0.1, 0.15) is 5.76 Å². The SMILES string of the molecule is CN=C(NCCc1ccco1)NCc1ccc(NC(=O)NC(C)C)cc1. The lowest BCUT2D eigenvalue weighted by Crippen LogP contribution is -2.37. The van der Waals surface area contributed by atoms with Gasteiger partial charge in [0, 0.05) is 38.3 Å². The molecule has 2 amide bonds. The number of furan rings is 1. The van der Waals surface area contributed by atoms with Gasteiger partial charge in [0.05, 0.1) is 6.26 Å². The highest BCUT2D eigenvalue weighted by Crippen LogP contribution is 2.09. The second kappa shape index (κ2) is 10.1. The summed E-state index contributed by atoms with van der Waals surface area (Å²) in [5.74, 6) is 1.67. The predicted octanol–water partition coefficient (Wildman–Crippen LogP) is 2.72. The van der Waals surface area contributed by atoms with Crippen molar-refractivity contribution in [3.63, 3.8) is 0 Å². The van der Waals surface area contributed by atoms with Crippen molar-refractivity contribution < 1.29 is 9.21 Å². The Bertz CT molecular complexity index is 693. The van der Waals surface area contributed by atoms with E-state index >= 15 is 0 Å². The van der Waals surface area contributed by atoms with Gasteiger partial charge in [0.25, 0.3) is 0 Å². The molecule has 1 heterocycles. The van der Waals surface area contributed by atoms with Crippen molar-refractivity contribution in [1.29, 1.82) is 0 Å². The molecule has 1 aromatic carbocycles. The quantitative estimate of drug-likeness (QED) is 0.453. The Morgan fingerprint density at radius 1 is 1.15 bits per heavy atom. The molecule has 0 saturated carbocycles. The number of rotatable bonds is 7.